The van der Waals surface area contributed by atoms with Crippen LogP contribution >= 0.6 is 0 Å². The molecule has 1 saturated carbocycles. The zero-order chi connectivity index (χ0) is 13.3. The van der Waals surface area contributed by atoms with E-state index >= 15 is 0 Å². The second-order valence-electron chi connectivity index (χ2n) is 5.22. The summed E-state index contributed by atoms with van der Waals surface area (Å²) in [6.45, 7) is 2.39. The summed E-state index contributed by atoms with van der Waals surface area (Å²) < 4.78 is 5.14. The van der Waals surface area contributed by atoms with Gasteiger partial charge < -0.3 is 20.1 Å². The Labute approximate surface area is 106 Å². The van der Waals surface area contributed by atoms with E-state index in [-0.39, 0.29) is 24.1 Å². The van der Waals surface area contributed by atoms with Gasteiger partial charge in [-0.2, -0.15) is 0 Å². The zero-order valence-electron chi connectivity index (χ0n) is 10.8. The molecule has 1 saturated heterocycles. The van der Waals surface area contributed by atoms with Gasteiger partial charge in [-0.05, 0) is 25.2 Å². The van der Waals surface area contributed by atoms with E-state index < -0.39 is 12.0 Å². The average molecular weight is 256 g/mol. The maximum Gasteiger partial charge on any atom is 0.326 e. The van der Waals surface area contributed by atoms with Crippen molar-refractivity contribution in [2.45, 2.75) is 44.4 Å². The molecule has 0 radical (unpaired) electrons. The topological polar surface area (TPSA) is 78.9 Å². The number of carbonyl (C=O) groups is 2. The molecule has 1 aliphatic carbocycles. The van der Waals surface area contributed by atoms with E-state index in [4.69, 9.17) is 9.84 Å². The Balaban J connectivity index is 1.87. The number of amides is 2. The summed E-state index contributed by atoms with van der Waals surface area (Å²) >= 11 is 0. The van der Waals surface area contributed by atoms with Crippen molar-refractivity contribution in [2.75, 3.05) is 13.7 Å². The quantitative estimate of drug-likeness (QED) is 0.778. The van der Waals surface area contributed by atoms with Crippen LogP contribution in [0.3, 0.4) is 0 Å². The molecule has 1 heterocycles. The number of nitrogens with one attached hydrogen (secondary N) is 1. The molecular formula is C12H20N2O4. The van der Waals surface area contributed by atoms with Crippen molar-refractivity contribution in [1.82, 2.24) is 10.2 Å². The minimum Gasteiger partial charge on any atom is -0.480 e. The molecule has 0 aromatic carbocycles. The molecule has 2 fully saturated rings. The van der Waals surface area contributed by atoms with Gasteiger partial charge in [-0.3, -0.25) is 0 Å². The summed E-state index contributed by atoms with van der Waals surface area (Å²) in [5.74, 6) is -0.903. The lowest BCUT2D eigenvalue weighted by Crippen LogP contribution is -2.54. The fourth-order valence-electron chi connectivity index (χ4n) is 2.68. The number of carboxylic acid groups (broad SMARTS) is 1. The van der Waals surface area contributed by atoms with Gasteiger partial charge in [0.05, 0.1) is 6.10 Å². The number of nitrogens with zero attached hydrogens (tertiary/aromatic N) is 1. The molecule has 0 bridgehead atoms. The number of likely N-dealkylation sites (tertiary alicyclic amines) is 1. The highest BCUT2D eigenvalue weighted by Crippen LogP contribution is 2.26. The Hall–Kier alpha value is -1.30. The third-order valence-electron chi connectivity index (χ3n) is 3.97. The number of aliphatic carboxylic acids is 1. The van der Waals surface area contributed by atoms with Gasteiger partial charge >= 0.3 is 12.0 Å². The first kappa shape index (κ1) is 13.1. The van der Waals surface area contributed by atoms with Crippen LogP contribution in [0.1, 0.15) is 26.2 Å². The van der Waals surface area contributed by atoms with Gasteiger partial charge in [0.2, 0.25) is 0 Å². The van der Waals surface area contributed by atoms with E-state index in [2.05, 4.69) is 5.32 Å². The lowest BCUT2D eigenvalue weighted by molar-refractivity contribution is -0.142. The lowest BCUT2D eigenvalue weighted by Gasteiger charge is -2.36. The second-order valence-corrected chi connectivity index (χ2v) is 5.22. The molecule has 6 nitrogen and oxygen atoms in total. The van der Waals surface area contributed by atoms with E-state index in [1.54, 1.807) is 7.11 Å². The molecular weight excluding hydrogens is 236 g/mol. The van der Waals surface area contributed by atoms with Gasteiger partial charge in [-0.15, -0.1) is 0 Å². The fourth-order valence-corrected chi connectivity index (χ4v) is 2.68. The molecule has 0 spiro atoms. The van der Waals surface area contributed by atoms with Crippen LogP contribution in [-0.4, -0.2) is 53.8 Å². The molecule has 2 amide bonds. The number of urea groups is 1. The Kier molecular flexibility index (Phi) is 3.75. The monoisotopic (exact) mass is 256 g/mol. The summed E-state index contributed by atoms with van der Waals surface area (Å²) in [7, 11) is 1.66. The van der Waals surface area contributed by atoms with Crippen LogP contribution in [0.5, 0.6) is 0 Å². The molecule has 18 heavy (non-hydrogen) atoms. The predicted molar refractivity (Wildman–Crippen MR) is 64.3 cm³/mol. The van der Waals surface area contributed by atoms with E-state index in [1.165, 1.54) is 4.90 Å². The number of hydrogen-bond acceptors (Lipinski definition) is 3. The molecule has 2 rings (SSSR count). The zero-order valence-corrected chi connectivity index (χ0v) is 10.8. The normalized spacial score (nSPS) is 35.1. The number of methoxy groups -OCH3 is 1. The molecule has 2 aliphatic rings. The molecule has 2 N–H and O–H groups in total. The smallest absolute Gasteiger partial charge is 0.326 e. The standard InChI is InChI=1S/C12H20N2O4/c1-7-3-4-14(10(7)11(15)16)12(17)13-8-5-9(6-8)18-2/h7-10H,3-6H2,1-2H3,(H,13,17)(H,15,16). The first-order chi connectivity index (χ1) is 8.52. The van der Waals surface area contributed by atoms with Crippen LogP contribution in [0.4, 0.5) is 4.79 Å². The molecule has 0 aromatic heterocycles. The van der Waals surface area contributed by atoms with Crippen LogP contribution in [0.2, 0.25) is 0 Å². The van der Waals surface area contributed by atoms with Gasteiger partial charge in [0, 0.05) is 19.7 Å². The highest BCUT2D eigenvalue weighted by atomic mass is 16.5. The third-order valence-corrected chi connectivity index (χ3v) is 3.97. The fraction of sp³-hybridized carbons (Fsp3) is 0.833. The van der Waals surface area contributed by atoms with E-state index in [0.717, 1.165) is 19.3 Å². The van der Waals surface area contributed by atoms with Gasteiger partial charge in [0.1, 0.15) is 6.04 Å². The SMILES string of the molecule is COC1CC(NC(=O)N2CCC(C)C2C(=O)O)C1. The lowest BCUT2D eigenvalue weighted by atomic mass is 9.89. The molecule has 2 unspecified atom stereocenters. The number of hydrogen-bond donors (Lipinski definition) is 2. The van der Waals surface area contributed by atoms with Crippen molar-refractivity contribution in [3.8, 4) is 0 Å². The number of rotatable bonds is 3. The van der Waals surface area contributed by atoms with Crippen molar-refractivity contribution < 1.29 is 19.4 Å². The Morgan fingerprint density at radius 2 is 2.06 bits per heavy atom. The Morgan fingerprint density at radius 3 is 2.61 bits per heavy atom. The molecule has 2 atom stereocenters. The van der Waals surface area contributed by atoms with Crippen molar-refractivity contribution in [2.24, 2.45) is 5.92 Å². The molecule has 102 valence electrons. The van der Waals surface area contributed by atoms with E-state index in [9.17, 15) is 9.59 Å². The van der Waals surface area contributed by atoms with Crippen molar-refractivity contribution in [3.05, 3.63) is 0 Å². The number of ether oxygens (including phenoxy) is 1. The highest BCUT2D eigenvalue weighted by Gasteiger charge is 2.41. The summed E-state index contributed by atoms with van der Waals surface area (Å²) in [4.78, 5) is 24.6. The van der Waals surface area contributed by atoms with Crippen LogP contribution < -0.4 is 5.32 Å². The van der Waals surface area contributed by atoms with Crippen LogP contribution in [0, 0.1) is 5.92 Å². The summed E-state index contributed by atoms with van der Waals surface area (Å²) in [6.07, 6.45) is 2.59. The van der Waals surface area contributed by atoms with Crippen LogP contribution in [0.25, 0.3) is 0 Å². The van der Waals surface area contributed by atoms with Gasteiger partial charge in [0.25, 0.3) is 0 Å². The predicted octanol–water partition coefficient (Wildman–Crippen LogP) is 0.668. The number of carboxylic acids is 1. The van der Waals surface area contributed by atoms with Gasteiger partial charge in [-0.1, -0.05) is 6.92 Å². The minimum atomic E-state index is -0.918. The molecule has 0 aromatic rings. The number of carbonyl (C=O) groups excluding carboxylic acids is 1. The van der Waals surface area contributed by atoms with E-state index in [1.807, 2.05) is 6.92 Å². The van der Waals surface area contributed by atoms with Gasteiger partial charge in [-0.25, -0.2) is 9.59 Å². The minimum absolute atomic E-state index is 0.0152. The first-order valence-electron chi connectivity index (χ1n) is 6.35. The highest BCUT2D eigenvalue weighted by molar-refractivity contribution is 5.83. The average Bonchev–Trinajstić information content (AvgIpc) is 2.64. The van der Waals surface area contributed by atoms with Crippen molar-refractivity contribution in [1.29, 1.82) is 0 Å². The second kappa shape index (κ2) is 5.14. The first-order valence-corrected chi connectivity index (χ1v) is 6.35. The van der Waals surface area contributed by atoms with Gasteiger partial charge in [0.15, 0.2) is 0 Å². The summed E-state index contributed by atoms with van der Waals surface area (Å²) in [5.41, 5.74) is 0. The maximum absolute atomic E-state index is 12.0. The van der Waals surface area contributed by atoms with E-state index in [0.29, 0.717) is 6.54 Å². The molecule has 1 aliphatic heterocycles. The van der Waals surface area contributed by atoms with Crippen LogP contribution in [-0.2, 0) is 9.53 Å². The Bertz CT molecular complexity index is 341. The molecule has 6 heteroatoms. The van der Waals surface area contributed by atoms with Crippen molar-refractivity contribution >= 4 is 12.0 Å². The third kappa shape index (κ3) is 2.43. The maximum atomic E-state index is 12.0. The van der Waals surface area contributed by atoms with Crippen molar-refractivity contribution in [3.63, 3.8) is 0 Å². The Morgan fingerprint density at radius 1 is 1.39 bits per heavy atom. The largest absolute Gasteiger partial charge is 0.480 e. The summed E-state index contributed by atoms with van der Waals surface area (Å²) in [6, 6.07) is -0.831. The van der Waals surface area contributed by atoms with Crippen LogP contribution in [0.15, 0.2) is 0 Å². The summed E-state index contributed by atoms with van der Waals surface area (Å²) in [5, 5.41) is 12.0.